The molecule has 0 aliphatic rings. The van der Waals surface area contributed by atoms with Crippen LogP contribution in [-0.2, 0) is 7.05 Å². The molecule has 134 valence electrons. The van der Waals surface area contributed by atoms with Gasteiger partial charge in [0, 0.05) is 30.2 Å². The first-order valence-electron chi connectivity index (χ1n) is 7.72. The van der Waals surface area contributed by atoms with E-state index in [0.29, 0.717) is 11.4 Å². The Morgan fingerprint density at radius 1 is 1.12 bits per heavy atom. The molecule has 3 N–H and O–H groups in total. The smallest absolute Gasteiger partial charge is 0.272 e. The maximum Gasteiger partial charge on any atom is 0.272 e. The monoisotopic (exact) mass is 374 g/mol. The SMILES string of the molecule is Cc1cc(NC(=O)c2cc(NC(=O)c3ccc(Cl)cc3F)c[nH]2)cn1C. The molecule has 2 amide bonds. The number of aromatic nitrogens is 2. The number of rotatable bonds is 4. The average molecular weight is 375 g/mol. The maximum absolute atomic E-state index is 13.8. The van der Waals surface area contributed by atoms with Gasteiger partial charge in [-0.2, -0.15) is 0 Å². The first-order chi connectivity index (χ1) is 12.3. The van der Waals surface area contributed by atoms with Gasteiger partial charge in [-0.15, -0.1) is 0 Å². The summed E-state index contributed by atoms with van der Waals surface area (Å²) in [4.78, 5) is 27.2. The third-order valence-corrected chi connectivity index (χ3v) is 4.11. The van der Waals surface area contributed by atoms with Crippen LogP contribution in [0.3, 0.4) is 0 Å². The van der Waals surface area contributed by atoms with Crippen molar-refractivity contribution < 1.29 is 14.0 Å². The third-order valence-electron chi connectivity index (χ3n) is 3.87. The van der Waals surface area contributed by atoms with Gasteiger partial charge in [0.1, 0.15) is 11.5 Å². The van der Waals surface area contributed by atoms with Crippen LogP contribution in [0.2, 0.25) is 5.02 Å². The number of benzene rings is 1. The van der Waals surface area contributed by atoms with Gasteiger partial charge in [-0.25, -0.2) is 4.39 Å². The molecule has 0 saturated heterocycles. The largest absolute Gasteiger partial charge is 0.355 e. The summed E-state index contributed by atoms with van der Waals surface area (Å²) in [6, 6.07) is 7.10. The zero-order chi connectivity index (χ0) is 18.8. The molecule has 6 nitrogen and oxygen atoms in total. The predicted octanol–water partition coefficient (Wildman–Crippen LogP) is 3.96. The van der Waals surface area contributed by atoms with Crippen molar-refractivity contribution in [3.63, 3.8) is 0 Å². The molecular formula is C18H16ClFN4O2. The standard InChI is InChI=1S/C18H16ClFN4O2/c1-10-5-13(9-24(10)2)23-18(26)16-7-12(8-21-16)22-17(25)14-4-3-11(19)6-15(14)20/h3-9,21H,1-2H3,(H,22,25)(H,23,26). The summed E-state index contributed by atoms with van der Waals surface area (Å²) in [6.45, 7) is 1.92. The highest BCUT2D eigenvalue weighted by atomic mass is 35.5. The number of hydrogen-bond acceptors (Lipinski definition) is 2. The number of amides is 2. The maximum atomic E-state index is 13.8. The minimum absolute atomic E-state index is 0.138. The van der Waals surface area contributed by atoms with Gasteiger partial charge in [0.05, 0.1) is 16.9 Å². The first kappa shape index (κ1) is 17.8. The van der Waals surface area contributed by atoms with Crippen LogP contribution >= 0.6 is 11.6 Å². The zero-order valence-electron chi connectivity index (χ0n) is 14.1. The number of anilines is 2. The topological polar surface area (TPSA) is 78.9 Å². The molecule has 3 rings (SSSR count). The Balaban J connectivity index is 1.69. The predicted molar refractivity (Wildman–Crippen MR) is 98.3 cm³/mol. The van der Waals surface area contributed by atoms with Gasteiger partial charge in [-0.3, -0.25) is 9.59 Å². The Hall–Kier alpha value is -3.06. The molecule has 0 spiro atoms. The summed E-state index contributed by atoms with van der Waals surface area (Å²) in [6.07, 6.45) is 3.25. The van der Waals surface area contributed by atoms with Gasteiger partial charge in [0.25, 0.3) is 11.8 Å². The van der Waals surface area contributed by atoms with Crippen molar-refractivity contribution in [3.05, 3.63) is 70.5 Å². The van der Waals surface area contributed by atoms with E-state index in [0.717, 1.165) is 11.8 Å². The van der Waals surface area contributed by atoms with Gasteiger partial charge in [-0.05, 0) is 37.3 Å². The van der Waals surface area contributed by atoms with E-state index in [1.54, 1.807) is 6.20 Å². The number of aromatic amines is 1. The second-order valence-electron chi connectivity index (χ2n) is 5.82. The van der Waals surface area contributed by atoms with Crippen molar-refractivity contribution in [1.29, 1.82) is 0 Å². The van der Waals surface area contributed by atoms with E-state index in [1.807, 2.05) is 24.6 Å². The van der Waals surface area contributed by atoms with Gasteiger partial charge in [0.2, 0.25) is 0 Å². The highest BCUT2D eigenvalue weighted by Gasteiger charge is 2.15. The van der Waals surface area contributed by atoms with E-state index in [9.17, 15) is 14.0 Å². The highest BCUT2D eigenvalue weighted by molar-refractivity contribution is 6.30. The van der Waals surface area contributed by atoms with Gasteiger partial charge < -0.3 is 20.2 Å². The van der Waals surface area contributed by atoms with Crippen LogP contribution in [0.15, 0.2) is 42.7 Å². The number of hydrogen-bond donors (Lipinski definition) is 3. The number of H-pyrrole nitrogens is 1. The Morgan fingerprint density at radius 2 is 1.85 bits per heavy atom. The summed E-state index contributed by atoms with van der Waals surface area (Å²) in [5.74, 6) is -1.71. The summed E-state index contributed by atoms with van der Waals surface area (Å²) in [7, 11) is 1.88. The Labute approximate surface area is 154 Å². The quantitative estimate of drug-likeness (QED) is 0.646. The van der Waals surface area contributed by atoms with Crippen molar-refractivity contribution in [2.24, 2.45) is 7.05 Å². The number of carbonyl (C=O) groups is 2. The molecule has 1 aromatic carbocycles. The van der Waals surface area contributed by atoms with Crippen molar-refractivity contribution in [1.82, 2.24) is 9.55 Å². The molecule has 0 bridgehead atoms. The van der Waals surface area contributed by atoms with E-state index in [1.165, 1.54) is 24.4 Å². The normalized spacial score (nSPS) is 10.6. The van der Waals surface area contributed by atoms with Gasteiger partial charge >= 0.3 is 0 Å². The lowest BCUT2D eigenvalue weighted by atomic mass is 10.2. The minimum atomic E-state index is -0.719. The lowest BCUT2D eigenvalue weighted by molar-refractivity contribution is 0.101. The van der Waals surface area contributed by atoms with Gasteiger partial charge in [-0.1, -0.05) is 11.6 Å². The van der Waals surface area contributed by atoms with Crippen LogP contribution in [0, 0.1) is 12.7 Å². The second-order valence-corrected chi connectivity index (χ2v) is 6.25. The van der Waals surface area contributed by atoms with Crippen LogP contribution in [0.5, 0.6) is 0 Å². The molecule has 0 atom stereocenters. The molecule has 8 heteroatoms. The molecule has 0 aliphatic heterocycles. The molecule has 0 saturated carbocycles. The van der Waals surface area contributed by atoms with E-state index >= 15 is 0 Å². The van der Waals surface area contributed by atoms with Crippen molar-refractivity contribution >= 4 is 34.8 Å². The van der Waals surface area contributed by atoms with E-state index < -0.39 is 11.7 Å². The van der Waals surface area contributed by atoms with Crippen LogP contribution in [-0.4, -0.2) is 21.4 Å². The fourth-order valence-corrected chi connectivity index (χ4v) is 2.57. The summed E-state index contributed by atoms with van der Waals surface area (Å²) < 4.78 is 15.7. The first-order valence-corrected chi connectivity index (χ1v) is 8.10. The average Bonchev–Trinajstić information content (AvgIpc) is 3.14. The Kier molecular flexibility index (Phi) is 4.81. The molecule has 2 heterocycles. The fourth-order valence-electron chi connectivity index (χ4n) is 2.41. The number of carbonyl (C=O) groups excluding carboxylic acids is 2. The molecular weight excluding hydrogens is 359 g/mol. The Bertz CT molecular complexity index is 973. The third kappa shape index (κ3) is 3.78. The summed E-state index contributed by atoms with van der Waals surface area (Å²) in [5.41, 5.74) is 2.14. The van der Waals surface area contributed by atoms with Gasteiger partial charge in [0.15, 0.2) is 0 Å². The number of aryl methyl sites for hydroxylation is 2. The number of nitrogens with one attached hydrogen (secondary N) is 3. The van der Waals surface area contributed by atoms with Crippen molar-refractivity contribution in [2.45, 2.75) is 6.92 Å². The minimum Gasteiger partial charge on any atom is -0.355 e. The summed E-state index contributed by atoms with van der Waals surface area (Å²) in [5, 5.41) is 5.49. The molecule has 0 radical (unpaired) electrons. The lowest BCUT2D eigenvalue weighted by Crippen LogP contribution is -2.13. The molecule has 26 heavy (non-hydrogen) atoms. The molecule has 2 aromatic heterocycles. The second kappa shape index (κ2) is 7.05. The fraction of sp³-hybridized carbons (Fsp3) is 0.111. The van der Waals surface area contributed by atoms with E-state index in [2.05, 4.69) is 15.6 Å². The van der Waals surface area contributed by atoms with Crippen molar-refractivity contribution in [2.75, 3.05) is 10.6 Å². The number of halogens is 2. The van der Waals surface area contributed by atoms with Crippen LogP contribution in [0.1, 0.15) is 26.5 Å². The van der Waals surface area contributed by atoms with E-state index in [4.69, 9.17) is 11.6 Å². The number of nitrogens with zero attached hydrogens (tertiary/aromatic N) is 1. The van der Waals surface area contributed by atoms with Crippen LogP contribution < -0.4 is 10.6 Å². The van der Waals surface area contributed by atoms with E-state index in [-0.39, 0.29) is 22.2 Å². The highest BCUT2D eigenvalue weighted by Crippen LogP contribution is 2.18. The van der Waals surface area contributed by atoms with Crippen LogP contribution in [0.4, 0.5) is 15.8 Å². The zero-order valence-corrected chi connectivity index (χ0v) is 14.8. The molecule has 0 aliphatic carbocycles. The molecule has 3 aromatic rings. The molecule has 0 fully saturated rings. The Morgan fingerprint density at radius 3 is 2.50 bits per heavy atom. The lowest BCUT2D eigenvalue weighted by Gasteiger charge is -2.04. The van der Waals surface area contributed by atoms with Crippen LogP contribution in [0.25, 0.3) is 0 Å². The summed E-state index contributed by atoms with van der Waals surface area (Å²) >= 11 is 5.68. The molecule has 0 unspecified atom stereocenters. The van der Waals surface area contributed by atoms with Crippen molar-refractivity contribution in [3.8, 4) is 0 Å².